The van der Waals surface area contributed by atoms with E-state index in [1.54, 1.807) is 0 Å². The summed E-state index contributed by atoms with van der Waals surface area (Å²) in [6.45, 7) is 2.24. The number of fused-ring (bicyclic) bond motifs is 1. The second-order valence-electron chi connectivity index (χ2n) is 3.72. The van der Waals surface area contributed by atoms with Gasteiger partial charge in [0, 0.05) is 13.1 Å². The lowest BCUT2D eigenvalue weighted by atomic mass is 10.1. The molecule has 1 heterocycles. The van der Waals surface area contributed by atoms with Crippen molar-refractivity contribution >= 4 is 0 Å². The highest BCUT2D eigenvalue weighted by Crippen LogP contribution is 2.45. The van der Waals surface area contributed by atoms with Crippen molar-refractivity contribution in [2.24, 2.45) is 17.7 Å². The molecule has 2 fully saturated rings. The first-order valence-electron chi connectivity index (χ1n) is 4.36. The van der Waals surface area contributed by atoms with E-state index in [9.17, 15) is 0 Å². The zero-order valence-electron chi connectivity index (χ0n) is 6.42. The molecular formula is C8H16N2. The number of rotatable bonds is 0. The Morgan fingerprint density at radius 3 is 2.80 bits per heavy atom. The van der Waals surface area contributed by atoms with Crippen LogP contribution in [0.15, 0.2) is 0 Å². The fourth-order valence-corrected chi connectivity index (χ4v) is 2.02. The quantitative estimate of drug-likeness (QED) is 0.508. The van der Waals surface area contributed by atoms with Gasteiger partial charge in [-0.25, -0.2) is 5.01 Å². The molecular weight excluding hydrogens is 124 g/mol. The average Bonchev–Trinajstić information content (AvgIpc) is 2.59. The van der Waals surface area contributed by atoms with Gasteiger partial charge in [0.1, 0.15) is 0 Å². The van der Waals surface area contributed by atoms with E-state index >= 15 is 0 Å². The highest BCUT2D eigenvalue weighted by Gasteiger charge is 2.36. The molecule has 1 saturated heterocycles. The van der Waals surface area contributed by atoms with Gasteiger partial charge in [0.05, 0.1) is 0 Å². The molecule has 1 aliphatic carbocycles. The van der Waals surface area contributed by atoms with Crippen LogP contribution in [0.3, 0.4) is 0 Å². The van der Waals surface area contributed by atoms with Crippen LogP contribution in [0.2, 0.25) is 0 Å². The summed E-state index contributed by atoms with van der Waals surface area (Å²) in [5.74, 6) is 7.86. The van der Waals surface area contributed by atoms with Gasteiger partial charge in [-0.15, -0.1) is 0 Å². The maximum absolute atomic E-state index is 5.72. The van der Waals surface area contributed by atoms with E-state index in [0.29, 0.717) is 0 Å². The first kappa shape index (κ1) is 6.62. The van der Waals surface area contributed by atoms with Crippen molar-refractivity contribution in [1.82, 2.24) is 5.01 Å². The molecule has 0 spiro atoms. The summed E-state index contributed by atoms with van der Waals surface area (Å²) in [5, 5.41) is 1.98. The lowest BCUT2D eigenvalue weighted by Crippen LogP contribution is -2.34. The van der Waals surface area contributed by atoms with Crippen LogP contribution in [-0.2, 0) is 0 Å². The summed E-state index contributed by atoms with van der Waals surface area (Å²) in [6, 6.07) is 0. The van der Waals surface area contributed by atoms with Gasteiger partial charge in [0.15, 0.2) is 0 Å². The third-order valence-electron chi connectivity index (χ3n) is 2.88. The maximum atomic E-state index is 5.72. The van der Waals surface area contributed by atoms with Gasteiger partial charge < -0.3 is 0 Å². The molecule has 2 unspecified atom stereocenters. The van der Waals surface area contributed by atoms with Gasteiger partial charge in [-0.2, -0.15) is 0 Å². The van der Waals surface area contributed by atoms with Crippen LogP contribution < -0.4 is 5.84 Å². The molecule has 10 heavy (non-hydrogen) atoms. The molecule has 2 N–H and O–H groups in total. The molecule has 0 aromatic carbocycles. The number of hydrazine groups is 1. The van der Waals surface area contributed by atoms with Crippen LogP contribution >= 0.6 is 0 Å². The van der Waals surface area contributed by atoms with Crippen molar-refractivity contribution < 1.29 is 0 Å². The number of hydrogen-bond acceptors (Lipinski definition) is 2. The fraction of sp³-hybridized carbons (Fsp3) is 1.00. The molecule has 0 bridgehead atoms. The van der Waals surface area contributed by atoms with Crippen molar-refractivity contribution in [3.8, 4) is 0 Å². The Hall–Kier alpha value is -0.0800. The summed E-state index contributed by atoms with van der Waals surface area (Å²) < 4.78 is 0. The molecule has 2 nitrogen and oxygen atoms in total. The van der Waals surface area contributed by atoms with Gasteiger partial charge >= 0.3 is 0 Å². The number of hydrogen-bond donors (Lipinski definition) is 1. The summed E-state index contributed by atoms with van der Waals surface area (Å²) in [4.78, 5) is 0. The van der Waals surface area contributed by atoms with Crippen LogP contribution in [0, 0.1) is 11.8 Å². The van der Waals surface area contributed by atoms with Crippen LogP contribution in [0.4, 0.5) is 0 Å². The number of nitrogens with two attached hydrogens (primary N) is 1. The van der Waals surface area contributed by atoms with E-state index in [2.05, 4.69) is 0 Å². The monoisotopic (exact) mass is 140 g/mol. The average molecular weight is 140 g/mol. The second kappa shape index (κ2) is 2.51. The molecule has 0 radical (unpaired) electrons. The van der Waals surface area contributed by atoms with Crippen molar-refractivity contribution in [1.29, 1.82) is 0 Å². The highest BCUT2D eigenvalue weighted by atomic mass is 15.4. The van der Waals surface area contributed by atoms with Crippen LogP contribution in [0.5, 0.6) is 0 Å². The Morgan fingerprint density at radius 1 is 1.10 bits per heavy atom. The molecule has 2 aliphatic rings. The highest BCUT2D eigenvalue weighted by molar-refractivity contribution is 4.87. The second-order valence-corrected chi connectivity index (χ2v) is 3.72. The first-order chi connectivity index (χ1) is 4.86. The zero-order chi connectivity index (χ0) is 6.97. The van der Waals surface area contributed by atoms with Gasteiger partial charge in [0.2, 0.25) is 0 Å². The number of nitrogens with zero attached hydrogens (tertiary/aromatic N) is 1. The third-order valence-corrected chi connectivity index (χ3v) is 2.88. The summed E-state index contributed by atoms with van der Waals surface area (Å²) >= 11 is 0. The third kappa shape index (κ3) is 1.32. The molecule has 2 rings (SSSR count). The van der Waals surface area contributed by atoms with Crippen LogP contribution in [0.1, 0.15) is 25.7 Å². The van der Waals surface area contributed by atoms with Crippen LogP contribution in [-0.4, -0.2) is 18.1 Å². The Labute approximate surface area is 62.4 Å². The predicted molar refractivity (Wildman–Crippen MR) is 41.2 cm³/mol. The predicted octanol–water partition coefficient (Wildman–Crippen LogP) is 0.982. The van der Waals surface area contributed by atoms with Crippen molar-refractivity contribution in [3.05, 3.63) is 0 Å². The van der Waals surface area contributed by atoms with E-state index < -0.39 is 0 Å². The van der Waals surface area contributed by atoms with Gasteiger partial charge in [-0.05, 0) is 37.5 Å². The van der Waals surface area contributed by atoms with Gasteiger partial charge in [-0.1, -0.05) is 0 Å². The van der Waals surface area contributed by atoms with E-state index in [0.717, 1.165) is 24.9 Å². The summed E-state index contributed by atoms with van der Waals surface area (Å²) in [5.41, 5.74) is 0. The Morgan fingerprint density at radius 2 is 1.90 bits per heavy atom. The van der Waals surface area contributed by atoms with Crippen molar-refractivity contribution in [2.45, 2.75) is 25.7 Å². The lowest BCUT2D eigenvalue weighted by Gasteiger charge is -2.18. The molecule has 2 heteroatoms. The molecule has 0 aromatic rings. The van der Waals surface area contributed by atoms with Crippen molar-refractivity contribution in [3.63, 3.8) is 0 Å². The van der Waals surface area contributed by atoms with Crippen molar-refractivity contribution in [2.75, 3.05) is 13.1 Å². The Kier molecular flexibility index (Phi) is 1.66. The lowest BCUT2D eigenvalue weighted by molar-refractivity contribution is 0.250. The Bertz CT molecular complexity index is 122. The fourth-order valence-electron chi connectivity index (χ4n) is 2.02. The molecule has 1 aliphatic heterocycles. The van der Waals surface area contributed by atoms with E-state index in [-0.39, 0.29) is 0 Å². The smallest absolute Gasteiger partial charge is 0.0131 e. The van der Waals surface area contributed by atoms with E-state index in [1.807, 2.05) is 5.01 Å². The molecule has 0 amide bonds. The van der Waals surface area contributed by atoms with E-state index in [4.69, 9.17) is 5.84 Å². The molecule has 0 aromatic heterocycles. The summed E-state index contributed by atoms with van der Waals surface area (Å²) in [7, 11) is 0. The minimum Gasteiger partial charge on any atom is -0.269 e. The molecule has 58 valence electrons. The zero-order valence-corrected chi connectivity index (χ0v) is 6.42. The van der Waals surface area contributed by atoms with E-state index in [1.165, 1.54) is 25.7 Å². The minimum absolute atomic E-state index is 1.05. The first-order valence-corrected chi connectivity index (χ1v) is 4.36. The molecule has 1 saturated carbocycles. The largest absolute Gasteiger partial charge is 0.269 e. The maximum Gasteiger partial charge on any atom is 0.0131 e. The Balaban J connectivity index is 1.83. The normalized spacial score (nSPS) is 41.7. The minimum atomic E-state index is 1.05. The van der Waals surface area contributed by atoms with Crippen LogP contribution in [0.25, 0.3) is 0 Å². The molecule has 2 atom stereocenters. The topological polar surface area (TPSA) is 29.3 Å². The standard InChI is InChI=1S/C8H16N2/c9-10-4-1-2-7-6-8(7)3-5-10/h7-8H,1-6,9H2. The van der Waals surface area contributed by atoms with Gasteiger partial charge in [-0.3, -0.25) is 5.84 Å². The summed E-state index contributed by atoms with van der Waals surface area (Å²) in [6.07, 6.45) is 5.59. The SMILES string of the molecule is NN1CCCC2CC2CC1. The van der Waals surface area contributed by atoms with Gasteiger partial charge in [0.25, 0.3) is 0 Å².